The average Bonchev–Trinajstić information content (AvgIpc) is 2.77. The number of phenolic OH excluding ortho intramolecular Hbond substituents is 1. The van der Waals surface area contributed by atoms with Crippen LogP contribution in [-0.2, 0) is 4.79 Å². The maximum absolute atomic E-state index is 14.5. The van der Waals surface area contributed by atoms with E-state index in [-0.39, 0.29) is 28.1 Å². The summed E-state index contributed by atoms with van der Waals surface area (Å²) >= 11 is 0. The summed E-state index contributed by atoms with van der Waals surface area (Å²) in [6.07, 6.45) is 2.56. The van der Waals surface area contributed by atoms with Crippen molar-refractivity contribution in [1.82, 2.24) is 5.32 Å². The second-order valence-electron chi connectivity index (χ2n) is 7.60. The minimum atomic E-state index is -0.718. The molecule has 0 aliphatic carbocycles. The molecule has 0 bridgehead atoms. The van der Waals surface area contributed by atoms with Gasteiger partial charge < -0.3 is 15.7 Å². The fraction of sp³-hybridized carbons (Fsp3) is 0.160. The Kier molecular flexibility index (Phi) is 6.01. The van der Waals surface area contributed by atoms with Crippen LogP contribution in [0, 0.1) is 17.5 Å². The molecule has 0 fully saturated rings. The van der Waals surface area contributed by atoms with Gasteiger partial charge in [-0.25, -0.2) is 13.2 Å². The van der Waals surface area contributed by atoms with Crippen LogP contribution in [0.2, 0.25) is 0 Å². The van der Waals surface area contributed by atoms with Crippen LogP contribution in [0.4, 0.5) is 18.9 Å². The number of aromatic hydroxyl groups is 1. The standard InChI is InChI=1S/C25H21F3N2O2/c1-14(31)30-24-5-3-17(11-23(24)28)21-13-18(26)12-20(25(21)32)16-2-4-22(27)19(10-16)15-6-8-29-9-7-15/h2-6,10-13,29,32H,7-9H2,1H3,(H,30,31). The zero-order chi connectivity index (χ0) is 22.8. The molecule has 1 aliphatic heterocycles. The highest BCUT2D eigenvalue weighted by molar-refractivity contribution is 5.90. The Morgan fingerprint density at radius 2 is 1.62 bits per heavy atom. The summed E-state index contributed by atoms with van der Waals surface area (Å²) in [6, 6.07) is 10.5. The van der Waals surface area contributed by atoms with Gasteiger partial charge in [-0.3, -0.25) is 4.79 Å². The first kappa shape index (κ1) is 21.6. The van der Waals surface area contributed by atoms with Crippen LogP contribution in [0.3, 0.4) is 0 Å². The van der Waals surface area contributed by atoms with Crippen LogP contribution in [0.5, 0.6) is 5.75 Å². The minimum Gasteiger partial charge on any atom is -0.507 e. The Labute approximate surface area is 183 Å². The number of rotatable bonds is 4. The van der Waals surface area contributed by atoms with Gasteiger partial charge in [0, 0.05) is 30.2 Å². The molecule has 3 N–H and O–H groups in total. The summed E-state index contributed by atoms with van der Waals surface area (Å²) < 4.78 is 43.4. The van der Waals surface area contributed by atoms with Gasteiger partial charge in [0.1, 0.15) is 23.2 Å². The SMILES string of the molecule is CC(=O)Nc1ccc(-c2cc(F)cc(-c3ccc(F)c(C4=CCNCC4)c3)c2O)cc1F. The minimum absolute atomic E-state index is 0.0178. The number of carbonyl (C=O) groups excluding carboxylic acids is 1. The van der Waals surface area contributed by atoms with Crippen LogP contribution in [0.1, 0.15) is 18.9 Å². The lowest BCUT2D eigenvalue weighted by atomic mass is 9.93. The van der Waals surface area contributed by atoms with Crippen LogP contribution < -0.4 is 10.6 Å². The summed E-state index contributed by atoms with van der Waals surface area (Å²) in [5, 5.41) is 16.4. The Bertz CT molecular complexity index is 1240. The number of hydrogen-bond acceptors (Lipinski definition) is 3. The molecule has 3 aromatic rings. The van der Waals surface area contributed by atoms with E-state index in [0.717, 1.165) is 30.3 Å². The fourth-order valence-corrected chi connectivity index (χ4v) is 3.82. The van der Waals surface area contributed by atoms with Gasteiger partial charge >= 0.3 is 0 Å². The van der Waals surface area contributed by atoms with Gasteiger partial charge in [-0.2, -0.15) is 0 Å². The van der Waals surface area contributed by atoms with Gasteiger partial charge in [0.25, 0.3) is 0 Å². The van der Waals surface area contributed by atoms with Crippen molar-refractivity contribution in [3.05, 3.63) is 77.6 Å². The van der Waals surface area contributed by atoms with Crippen LogP contribution in [0.25, 0.3) is 27.8 Å². The van der Waals surface area contributed by atoms with E-state index < -0.39 is 23.4 Å². The van der Waals surface area contributed by atoms with Crippen LogP contribution >= 0.6 is 0 Å². The van der Waals surface area contributed by atoms with E-state index in [1.165, 1.54) is 31.2 Å². The lowest BCUT2D eigenvalue weighted by Crippen LogP contribution is -2.20. The van der Waals surface area contributed by atoms with Gasteiger partial charge in [-0.15, -0.1) is 0 Å². The molecule has 7 heteroatoms. The maximum atomic E-state index is 14.5. The molecule has 0 atom stereocenters. The lowest BCUT2D eigenvalue weighted by molar-refractivity contribution is -0.114. The second-order valence-corrected chi connectivity index (χ2v) is 7.60. The van der Waals surface area contributed by atoms with Crippen molar-refractivity contribution in [3.63, 3.8) is 0 Å². The summed E-state index contributed by atoms with van der Waals surface area (Å²) in [5.74, 6) is -2.43. The van der Waals surface area contributed by atoms with E-state index in [2.05, 4.69) is 10.6 Å². The van der Waals surface area contributed by atoms with Gasteiger partial charge in [0.05, 0.1) is 5.69 Å². The first-order valence-corrected chi connectivity index (χ1v) is 10.1. The van der Waals surface area contributed by atoms with Gasteiger partial charge in [0.15, 0.2) is 0 Å². The van der Waals surface area contributed by atoms with Gasteiger partial charge in [-0.05, 0) is 66.1 Å². The predicted octanol–water partition coefficient (Wildman–Crippen LogP) is 5.48. The molecule has 0 saturated heterocycles. The summed E-state index contributed by atoms with van der Waals surface area (Å²) in [4.78, 5) is 11.2. The molecule has 164 valence electrons. The third-order valence-electron chi connectivity index (χ3n) is 5.35. The van der Waals surface area contributed by atoms with Crippen molar-refractivity contribution in [2.24, 2.45) is 0 Å². The number of phenols is 1. The highest BCUT2D eigenvalue weighted by Gasteiger charge is 2.18. The molecule has 0 radical (unpaired) electrons. The molecule has 1 heterocycles. The summed E-state index contributed by atoms with van der Waals surface area (Å²) in [5.41, 5.74) is 2.15. The fourth-order valence-electron chi connectivity index (χ4n) is 3.82. The van der Waals surface area contributed by atoms with Crippen molar-refractivity contribution in [3.8, 4) is 28.0 Å². The summed E-state index contributed by atoms with van der Waals surface area (Å²) in [6.45, 7) is 2.62. The molecule has 3 aromatic carbocycles. The number of hydrogen-bond donors (Lipinski definition) is 3. The number of amides is 1. The first-order valence-electron chi connectivity index (χ1n) is 10.1. The highest BCUT2D eigenvalue weighted by atomic mass is 19.1. The van der Waals surface area contributed by atoms with Crippen molar-refractivity contribution in [2.75, 3.05) is 18.4 Å². The third kappa shape index (κ3) is 4.38. The van der Waals surface area contributed by atoms with E-state index in [0.29, 0.717) is 24.1 Å². The topological polar surface area (TPSA) is 61.4 Å². The first-order chi connectivity index (χ1) is 15.3. The molecule has 0 saturated carbocycles. The number of halogens is 3. The Morgan fingerprint density at radius 1 is 0.938 bits per heavy atom. The van der Waals surface area contributed by atoms with Crippen LogP contribution in [-0.4, -0.2) is 24.1 Å². The molecule has 0 spiro atoms. The van der Waals surface area contributed by atoms with E-state index in [4.69, 9.17) is 0 Å². The number of anilines is 1. The molecular formula is C25H21F3N2O2. The van der Waals surface area contributed by atoms with Crippen molar-refractivity contribution in [2.45, 2.75) is 13.3 Å². The van der Waals surface area contributed by atoms with E-state index in [1.54, 1.807) is 6.07 Å². The Balaban J connectivity index is 1.79. The lowest BCUT2D eigenvalue weighted by Gasteiger charge is -2.17. The van der Waals surface area contributed by atoms with Gasteiger partial charge in [0.2, 0.25) is 5.91 Å². The average molecular weight is 438 g/mol. The zero-order valence-corrected chi connectivity index (χ0v) is 17.3. The Morgan fingerprint density at radius 3 is 2.25 bits per heavy atom. The molecular weight excluding hydrogens is 417 g/mol. The second kappa shape index (κ2) is 8.88. The highest BCUT2D eigenvalue weighted by Crippen LogP contribution is 2.41. The molecule has 1 amide bonds. The van der Waals surface area contributed by atoms with E-state index in [9.17, 15) is 23.1 Å². The quantitative estimate of drug-likeness (QED) is 0.506. The third-order valence-corrected chi connectivity index (χ3v) is 5.35. The zero-order valence-electron chi connectivity index (χ0n) is 17.3. The monoisotopic (exact) mass is 438 g/mol. The molecule has 32 heavy (non-hydrogen) atoms. The van der Waals surface area contributed by atoms with E-state index in [1.807, 2.05) is 6.08 Å². The van der Waals surface area contributed by atoms with Crippen LogP contribution in [0.15, 0.2) is 54.6 Å². The number of carbonyl (C=O) groups is 1. The largest absolute Gasteiger partial charge is 0.507 e. The summed E-state index contributed by atoms with van der Waals surface area (Å²) in [7, 11) is 0. The smallest absolute Gasteiger partial charge is 0.221 e. The van der Waals surface area contributed by atoms with Crippen molar-refractivity contribution in [1.29, 1.82) is 0 Å². The molecule has 0 unspecified atom stereocenters. The van der Waals surface area contributed by atoms with Gasteiger partial charge in [-0.1, -0.05) is 18.2 Å². The van der Waals surface area contributed by atoms with Crippen molar-refractivity contribution >= 4 is 17.2 Å². The van der Waals surface area contributed by atoms with Crippen molar-refractivity contribution < 1.29 is 23.1 Å². The molecule has 0 aromatic heterocycles. The Hall–Kier alpha value is -3.58. The predicted molar refractivity (Wildman–Crippen MR) is 119 cm³/mol. The molecule has 4 nitrogen and oxygen atoms in total. The van der Waals surface area contributed by atoms with E-state index >= 15 is 0 Å². The molecule has 4 rings (SSSR count). The molecule has 1 aliphatic rings. The number of benzene rings is 3. The normalized spacial score (nSPS) is 13.6. The maximum Gasteiger partial charge on any atom is 0.221 e. The number of nitrogens with one attached hydrogen (secondary N) is 2.